The van der Waals surface area contributed by atoms with Crippen molar-refractivity contribution in [1.29, 1.82) is 0 Å². The fourth-order valence-electron chi connectivity index (χ4n) is 2.37. The topological polar surface area (TPSA) is 102 Å². The smallest absolute Gasteiger partial charge is 0.414 e. The lowest BCUT2D eigenvalue weighted by atomic mass is 10.1. The number of rotatable bonds is 4. The largest absolute Gasteiger partial charge is 0.447 e. The SMILES string of the molecule is NC(=O)c1ccc(C(=O)Nc2cccc(N3CCOC3=O)c2)cc1. The summed E-state index contributed by atoms with van der Waals surface area (Å²) in [5.41, 5.74) is 7.10. The first-order valence-corrected chi connectivity index (χ1v) is 7.30. The summed E-state index contributed by atoms with van der Waals surface area (Å²) >= 11 is 0. The maximum atomic E-state index is 12.3. The van der Waals surface area contributed by atoms with Crippen LogP contribution in [0.1, 0.15) is 20.7 Å². The fourth-order valence-corrected chi connectivity index (χ4v) is 2.37. The van der Waals surface area contributed by atoms with Gasteiger partial charge in [0.15, 0.2) is 0 Å². The molecule has 7 heteroatoms. The monoisotopic (exact) mass is 325 g/mol. The molecule has 0 spiro atoms. The number of nitrogens with one attached hydrogen (secondary N) is 1. The van der Waals surface area contributed by atoms with E-state index in [2.05, 4.69) is 5.32 Å². The first-order valence-electron chi connectivity index (χ1n) is 7.30. The first-order chi connectivity index (χ1) is 11.5. The Morgan fingerprint density at radius 1 is 1.08 bits per heavy atom. The van der Waals surface area contributed by atoms with Crippen LogP contribution in [0, 0.1) is 0 Å². The zero-order valence-corrected chi connectivity index (χ0v) is 12.7. The van der Waals surface area contributed by atoms with Crippen LogP contribution < -0.4 is 16.0 Å². The number of benzene rings is 2. The second-order valence-corrected chi connectivity index (χ2v) is 5.21. The maximum absolute atomic E-state index is 12.3. The molecule has 1 heterocycles. The van der Waals surface area contributed by atoms with Gasteiger partial charge in [0.2, 0.25) is 5.91 Å². The Labute approximate surface area is 138 Å². The van der Waals surface area contributed by atoms with Gasteiger partial charge in [-0.2, -0.15) is 0 Å². The van der Waals surface area contributed by atoms with E-state index in [0.717, 1.165) is 0 Å². The Kier molecular flexibility index (Phi) is 4.15. The molecule has 2 aromatic carbocycles. The van der Waals surface area contributed by atoms with Crippen LogP contribution in [0.15, 0.2) is 48.5 Å². The van der Waals surface area contributed by atoms with Crippen molar-refractivity contribution < 1.29 is 19.1 Å². The summed E-state index contributed by atoms with van der Waals surface area (Å²) in [5.74, 6) is -0.876. The second kappa shape index (κ2) is 6.41. The van der Waals surface area contributed by atoms with Crippen LogP contribution >= 0.6 is 0 Å². The standard InChI is InChI=1S/C17H15N3O4/c18-15(21)11-4-6-12(7-5-11)16(22)19-13-2-1-3-14(10-13)20-8-9-24-17(20)23/h1-7,10H,8-9H2,(H2,18,21)(H,19,22). The molecule has 1 aliphatic rings. The molecule has 2 aromatic rings. The van der Waals surface area contributed by atoms with Gasteiger partial charge < -0.3 is 15.8 Å². The molecule has 3 rings (SSSR count). The highest BCUT2D eigenvalue weighted by molar-refractivity contribution is 6.05. The molecular formula is C17H15N3O4. The molecule has 0 radical (unpaired) electrons. The van der Waals surface area contributed by atoms with Crippen LogP contribution in [0.3, 0.4) is 0 Å². The number of primary amides is 1. The highest BCUT2D eigenvalue weighted by atomic mass is 16.6. The third-order valence-electron chi connectivity index (χ3n) is 3.61. The number of hydrogen-bond donors (Lipinski definition) is 2. The van der Waals surface area contributed by atoms with E-state index < -0.39 is 12.0 Å². The Morgan fingerprint density at radius 3 is 2.42 bits per heavy atom. The summed E-state index contributed by atoms with van der Waals surface area (Å²) in [6.45, 7) is 0.826. The predicted octanol–water partition coefficient (Wildman–Crippen LogP) is 1.99. The van der Waals surface area contributed by atoms with Gasteiger partial charge in [0.05, 0.1) is 6.54 Å². The Hall–Kier alpha value is -3.35. The zero-order chi connectivity index (χ0) is 17.1. The van der Waals surface area contributed by atoms with Crippen molar-refractivity contribution in [3.63, 3.8) is 0 Å². The van der Waals surface area contributed by atoms with Crippen molar-refractivity contribution in [2.75, 3.05) is 23.4 Å². The highest BCUT2D eigenvalue weighted by Crippen LogP contribution is 2.22. The number of cyclic esters (lactones) is 1. The molecule has 0 atom stereocenters. The molecule has 0 bridgehead atoms. The molecule has 3 N–H and O–H groups in total. The van der Waals surface area contributed by atoms with Gasteiger partial charge in [-0.25, -0.2) is 4.79 Å². The lowest BCUT2D eigenvalue weighted by Crippen LogP contribution is -2.23. The average Bonchev–Trinajstić information content (AvgIpc) is 3.01. The number of amides is 3. The highest BCUT2D eigenvalue weighted by Gasteiger charge is 2.23. The minimum absolute atomic E-state index is 0.327. The molecule has 3 amide bonds. The minimum Gasteiger partial charge on any atom is -0.447 e. The number of nitrogens with zero attached hydrogens (tertiary/aromatic N) is 1. The fraction of sp³-hybridized carbons (Fsp3) is 0.118. The van der Waals surface area contributed by atoms with Crippen molar-refractivity contribution >= 4 is 29.3 Å². The molecule has 1 saturated heterocycles. The van der Waals surface area contributed by atoms with Crippen molar-refractivity contribution in [2.45, 2.75) is 0 Å². The van der Waals surface area contributed by atoms with E-state index in [1.165, 1.54) is 29.2 Å². The number of anilines is 2. The number of hydrogen-bond acceptors (Lipinski definition) is 4. The Morgan fingerprint density at radius 2 is 1.79 bits per heavy atom. The maximum Gasteiger partial charge on any atom is 0.414 e. The number of carbonyl (C=O) groups is 3. The molecule has 1 fully saturated rings. The van der Waals surface area contributed by atoms with Gasteiger partial charge >= 0.3 is 6.09 Å². The summed E-state index contributed by atoms with van der Waals surface area (Å²) in [6, 6.07) is 13.0. The van der Waals surface area contributed by atoms with Crippen molar-refractivity contribution in [3.05, 3.63) is 59.7 Å². The van der Waals surface area contributed by atoms with Crippen molar-refractivity contribution in [1.82, 2.24) is 0 Å². The van der Waals surface area contributed by atoms with E-state index in [1.807, 2.05) is 0 Å². The number of carbonyl (C=O) groups excluding carboxylic acids is 3. The van der Waals surface area contributed by atoms with E-state index in [0.29, 0.717) is 35.7 Å². The lowest BCUT2D eigenvalue weighted by Gasteiger charge is -2.14. The predicted molar refractivity (Wildman–Crippen MR) is 88.0 cm³/mol. The molecule has 1 aliphatic heterocycles. The van der Waals surface area contributed by atoms with Gasteiger partial charge in [-0.1, -0.05) is 6.07 Å². The van der Waals surface area contributed by atoms with Crippen molar-refractivity contribution in [3.8, 4) is 0 Å². The summed E-state index contributed by atoms with van der Waals surface area (Å²) in [5, 5.41) is 2.75. The summed E-state index contributed by atoms with van der Waals surface area (Å²) < 4.78 is 4.90. The second-order valence-electron chi connectivity index (χ2n) is 5.21. The van der Waals surface area contributed by atoms with E-state index >= 15 is 0 Å². The van der Waals surface area contributed by atoms with Crippen molar-refractivity contribution in [2.24, 2.45) is 5.73 Å². The Bertz CT molecular complexity index is 802. The Balaban J connectivity index is 1.74. The molecule has 122 valence electrons. The number of ether oxygens (including phenoxy) is 1. The van der Waals surface area contributed by atoms with E-state index in [-0.39, 0.29) is 5.91 Å². The first kappa shape index (κ1) is 15.5. The molecule has 0 saturated carbocycles. The van der Waals surface area contributed by atoms with E-state index in [4.69, 9.17) is 10.5 Å². The van der Waals surface area contributed by atoms with Crippen LogP contribution in [0.5, 0.6) is 0 Å². The van der Waals surface area contributed by atoms with Gasteiger partial charge in [-0.15, -0.1) is 0 Å². The average molecular weight is 325 g/mol. The van der Waals surface area contributed by atoms with Gasteiger partial charge in [0.1, 0.15) is 6.61 Å². The normalized spacial score (nSPS) is 13.5. The van der Waals surface area contributed by atoms with Crippen LogP contribution in [0.4, 0.5) is 16.2 Å². The minimum atomic E-state index is -0.549. The van der Waals surface area contributed by atoms with Crippen LogP contribution in [-0.4, -0.2) is 31.1 Å². The molecule has 24 heavy (non-hydrogen) atoms. The molecule has 7 nitrogen and oxygen atoms in total. The van der Waals surface area contributed by atoms with E-state index in [1.54, 1.807) is 24.3 Å². The van der Waals surface area contributed by atoms with Gasteiger partial charge in [-0.05, 0) is 42.5 Å². The van der Waals surface area contributed by atoms with Crippen LogP contribution in [0.2, 0.25) is 0 Å². The molecule has 0 aliphatic carbocycles. The lowest BCUT2D eigenvalue weighted by molar-refractivity contribution is 0.0995. The third-order valence-corrected chi connectivity index (χ3v) is 3.61. The van der Waals surface area contributed by atoms with E-state index in [9.17, 15) is 14.4 Å². The summed E-state index contributed by atoms with van der Waals surface area (Å²) in [4.78, 5) is 36.4. The van der Waals surface area contributed by atoms with Gasteiger partial charge in [-0.3, -0.25) is 14.5 Å². The van der Waals surface area contributed by atoms with Crippen LogP contribution in [-0.2, 0) is 4.74 Å². The summed E-state index contributed by atoms with van der Waals surface area (Å²) in [7, 11) is 0. The quantitative estimate of drug-likeness (QED) is 0.897. The van der Waals surface area contributed by atoms with Gasteiger partial charge in [0.25, 0.3) is 5.91 Å². The van der Waals surface area contributed by atoms with Gasteiger partial charge in [0, 0.05) is 22.5 Å². The zero-order valence-electron chi connectivity index (χ0n) is 12.7. The molecule has 0 aromatic heterocycles. The summed E-state index contributed by atoms with van der Waals surface area (Å²) in [6.07, 6.45) is -0.402. The number of nitrogens with two attached hydrogens (primary N) is 1. The third kappa shape index (κ3) is 3.19. The van der Waals surface area contributed by atoms with Crippen LogP contribution in [0.25, 0.3) is 0 Å². The molecular weight excluding hydrogens is 310 g/mol. The molecule has 0 unspecified atom stereocenters.